The van der Waals surface area contributed by atoms with Gasteiger partial charge in [0.1, 0.15) is 0 Å². The van der Waals surface area contributed by atoms with E-state index < -0.39 is 11.2 Å². The molecule has 3 rings (SSSR count). The molecule has 0 spiro atoms. The second-order valence-electron chi connectivity index (χ2n) is 7.51. The molecule has 3 aromatic rings. The Morgan fingerprint density at radius 3 is 2.36 bits per heavy atom. The van der Waals surface area contributed by atoms with E-state index in [0.29, 0.717) is 23.7 Å². The molecule has 0 aliphatic rings. The maximum absolute atomic E-state index is 12.6. The summed E-state index contributed by atoms with van der Waals surface area (Å²) in [4.78, 5) is 31.6. The molecule has 0 fully saturated rings. The van der Waals surface area contributed by atoms with E-state index in [1.807, 2.05) is 24.5 Å². The molecule has 0 aromatic carbocycles. The third-order valence-corrected chi connectivity index (χ3v) is 5.17. The summed E-state index contributed by atoms with van der Waals surface area (Å²) < 4.78 is 5.03. The summed E-state index contributed by atoms with van der Waals surface area (Å²) in [6, 6.07) is 1.97. The van der Waals surface area contributed by atoms with Crippen molar-refractivity contribution in [3.05, 3.63) is 38.3 Å². The van der Waals surface area contributed by atoms with Crippen LogP contribution in [0, 0.1) is 13.8 Å². The van der Waals surface area contributed by atoms with Crippen molar-refractivity contribution >= 4 is 11.2 Å². The topological polar surface area (TPSA) is 90.5 Å². The first-order valence-electron chi connectivity index (χ1n) is 10.2. The van der Waals surface area contributed by atoms with Gasteiger partial charge in [-0.15, -0.1) is 0 Å². The predicted octanol–water partition coefficient (Wildman–Crippen LogP) is 2.98. The summed E-state index contributed by atoms with van der Waals surface area (Å²) in [6.45, 7) is 6.77. The van der Waals surface area contributed by atoms with Crippen LogP contribution in [-0.4, -0.2) is 28.9 Å². The zero-order valence-corrected chi connectivity index (χ0v) is 17.3. The number of fused-ring (bicyclic) bond motifs is 1. The van der Waals surface area contributed by atoms with Gasteiger partial charge in [-0.1, -0.05) is 45.4 Å². The van der Waals surface area contributed by atoms with Crippen molar-refractivity contribution in [2.45, 2.75) is 72.3 Å². The van der Waals surface area contributed by atoms with Crippen LogP contribution in [0.15, 0.2) is 15.7 Å². The molecule has 152 valence electrons. The molecule has 28 heavy (non-hydrogen) atoms. The Morgan fingerprint density at radius 1 is 1.04 bits per heavy atom. The number of hydrogen-bond donors (Lipinski definition) is 1. The molecule has 0 bridgehead atoms. The fourth-order valence-corrected chi connectivity index (χ4v) is 3.65. The van der Waals surface area contributed by atoms with Crippen LogP contribution in [0.1, 0.15) is 63.3 Å². The van der Waals surface area contributed by atoms with Crippen LogP contribution in [0.3, 0.4) is 0 Å². The Hall–Kier alpha value is -2.64. The van der Waals surface area contributed by atoms with Crippen LogP contribution < -0.4 is 11.2 Å². The van der Waals surface area contributed by atoms with Gasteiger partial charge >= 0.3 is 5.69 Å². The smallest absolute Gasteiger partial charge is 0.302 e. The van der Waals surface area contributed by atoms with Crippen molar-refractivity contribution < 1.29 is 0 Å². The first kappa shape index (κ1) is 20.1. The van der Waals surface area contributed by atoms with Gasteiger partial charge in [0.25, 0.3) is 5.56 Å². The van der Waals surface area contributed by atoms with E-state index in [2.05, 4.69) is 22.0 Å². The van der Waals surface area contributed by atoms with Gasteiger partial charge in [0, 0.05) is 19.3 Å². The van der Waals surface area contributed by atoms with E-state index in [1.165, 1.54) is 36.7 Å². The second-order valence-corrected chi connectivity index (χ2v) is 7.51. The maximum Gasteiger partial charge on any atom is 0.329 e. The molecule has 0 saturated heterocycles. The lowest BCUT2D eigenvalue weighted by Gasteiger charge is -2.10. The van der Waals surface area contributed by atoms with Gasteiger partial charge in [0.05, 0.1) is 5.69 Å². The van der Waals surface area contributed by atoms with Crippen molar-refractivity contribution in [1.29, 1.82) is 0 Å². The Balaban J connectivity index is 1.95. The largest absolute Gasteiger partial charge is 0.329 e. The highest BCUT2D eigenvalue weighted by molar-refractivity contribution is 5.72. The van der Waals surface area contributed by atoms with Gasteiger partial charge in [-0.3, -0.25) is 14.3 Å². The van der Waals surface area contributed by atoms with Crippen molar-refractivity contribution in [2.75, 3.05) is 0 Å². The summed E-state index contributed by atoms with van der Waals surface area (Å²) in [5, 5.41) is 4.53. The normalized spacial score (nSPS) is 11.6. The highest BCUT2D eigenvalue weighted by Crippen LogP contribution is 2.18. The molecule has 8 nitrogen and oxygen atoms in total. The zero-order chi connectivity index (χ0) is 20.3. The van der Waals surface area contributed by atoms with Gasteiger partial charge in [-0.25, -0.2) is 9.48 Å². The number of rotatable bonds is 9. The quantitative estimate of drug-likeness (QED) is 0.573. The predicted molar refractivity (Wildman–Crippen MR) is 110 cm³/mol. The van der Waals surface area contributed by atoms with Crippen LogP contribution >= 0.6 is 0 Å². The SMILES string of the molecule is CCCCCCCCCn1c(-n2nc(C)cc2C)nc2c1c(=O)[nH]c(=O)n2C. The molecule has 0 aliphatic carbocycles. The minimum atomic E-state index is -0.460. The highest BCUT2D eigenvalue weighted by Gasteiger charge is 2.20. The van der Waals surface area contributed by atoms with Gasteiger partial charge in [0.15, 0.2) is 11.2 Å². The van der Waals surface area contributed by atoms with E-state index >= 15 is 0 Å². The van der Waals surface area contributed by atoms with Crippen molar-refractivity contribution in [1.82, 2.24) is 28.9 Å². The molecular formula is C20H30N6O2. The number of aromatic nitrogens is 6. The van der Waals surface area contributed by atoms with Gasteiger partial charge in [0.2, 0.25) is 5.95 Å². The molecular weight excluding hydrogens is 356 g/mol. The molecule has 0 aliphatic heterocycles. The molecule has 0 atom stereocenters. The number of nitrogens with zero attached hydrogens (tertiary/aromatic N) is 5. The Kier molecular flexibility index (Phi) is 6.16. The molecule has 3 heterocycles. The minimum Gasteiger partial charge on any atom is -0.302 e. The summed E-state index contributed by atoms with van der Waals surface area (Å²) in [6.07, 6.45) is 8.31. The zero-order valence-electron chi connectivity index (χ0n) is 17.3. The average Bonchev–Trinajstić information content (AvgIpc) is 3.19. The Morgan fingerprint density at radius 2 is 1.71 bits per heavy atom. The molecule has 3 aromatic heterocycles. The third-order valence-electron chi connectivity index (χ3n) is 5.17. The van der Waals surface area contributed by atoms with Crippen molar-refractivity contribution in [2.24, 2.45) is 7.05 Å². The third kappa shape index (κ3) is 3.95. The molecule has 8 heteroatoms. The second kappa shape index (κ2) is 8.58. The Bertz CT molecular complexity index is 1070. The number of aromatic amines is 1. The number of aryl methyl sites for hydroxylation is 4. The van der Waals surface area contributed by atoms with Gasteiger partial charge in [-0.2, -0.15) is 10.1 Å². The van der Waals surface area contributed by atoms with E-state index in [9.17, 15) is 9.59 Å². The number of H-pyrrole nitrogens is 1. The molecule has 0 saturated carbocycles. The van der Waals surface area contributed by atoms with E-state index in [0.717, 1.165) is 24.2 Å². The van der Waals surface area contributed by atoms with Crippen LogP contribution in [0.25, 0.3) is 17.1 Å². The summed E-state index contributed by atoms with van der Waals surface area (Å²) in [5.41, 5.74) is 1.78. The van der Waals surface area contributed by atoms with Gasteiger partial charge < -0.3 is 4.57 Å². The summed E-state index contributed by atoms with van der Waals surface area (Å²) in [7, 11) is 1.62. The number of unbranched alkanes of at least 4 members (excludes halogenated alkanes) is 6. The van der Waals surface area contributed by atoms with Crippen LogP contribution in [0.2, 0.25) is 0 Å². The number of hydrogen-bond acceptors (Lipinski definition) is 4. The van der Waals surface area contributed by atoms with Crippen molar-refractivity contribution in [3.63, 3.8) is 0 Å². The standard InChI is InChI=1S/C20H30N6O2/c1-5-6-7-8-9-10-11-12-25-16-17(24(4)20(28)22-18(16)27)21-19(25)26-15(3)13-14(2)23-26/h13H,5-12H2,1-4H3,(H,22,27,28). The minimum absolute atomic E-state index is 0.388. The lowest BCUT2D eigenvalue weighted by molar-refractivity contribution is 0.546. The van der Waals surface area contributed by atoms with Crippen LogP contribution in [0.4, 0.5) is 0 Å². The summed E-state index contributed by atoms with van der Waals surface area (Å²) in [5.74, 6) is 0.582. The van der Waals surface area contributed by atoms with Crippen LogP contribution in [0.5, 0.6) is 0 Å². The Labute approximate surface area is 164 Å². The average molecular weight is 387 g/mol. The fraction of sp³-hybridized carbons (Fsp3) is 0.600. The first-order chi connectivity index (χ1) is 13.4. The van der Waals surface area contributed by atoms with E-state index in [1.54, 1.807) is 11.7 Å². The van der Waals surface area contributed by atoms with Crippen LogP contribution in [-0.2, 0) is 13.6 Å². The van der Waals surface area contributed by atoms with Crippen molar-refractivity contribution in [3.8, 4) is 5.95 Å². The molecule has 1 N–H and O–H groups in total. The fourth-order valence-electron chi connectivity index (χ4n) is 3.65. The lowest BCUT2D eigenvalue weighted by Crippen LogP contribution is -2.29. The number of imidazole rings is 1. The van der Waals surface area contributed by atoms with E-state index in [4.69, 9.17) is 0 Å². The van der Waals surface area contributed by atoms with E-state index in [-0.39, 0.29) is 0 Å². The summed E-state index contributed by atoms with van der Waals surface area (Å²) >= 11 is 0. The molecule has 0 unspecified atom stereocenters. The number of nitrogens with one attached hydrogen (secondary N) is 1. The molecule has 0 radical (unpaired) electrons. The highest BCUT2D eigenvalue weighted by atomic mass is 16.2. The maximum atomic E-state index is 12.6. The monoisotopic (exact) mass is 386 g/mol. The van der Waals surface area contributed by atoms with Gasteiger partial charge in [-0.05, 0) is 26.3 Å². The molecule has 0 amide bonds. The first-order valence-corrected chi connectivity index (χ1v) is 10.2. The lowest BCUT2D eigenvalue weighted by atomic mass is 10.1.